The van der Waals surface area contributed by atoms with E-state index in [4.69, 9.17) is 37.9 Å². The third-order valence-corrected chi connectivity index (χ3v) is 37.2. The Morgan fingerprint density at radius 1 is 0.279 bits per heavy atom. The first-order valence-corrected chi connectivity index (χ1v) is 56.7. The van der Waals surface area contributed by atoms with Crippen molar-refractivity contribution >= 4 is 47.8 Å². The van der Waals surface area contributed by atoms with Crippen molar-refractivity contribution in [3.05, 3.63) is 28.8 Å². The number of hydrogen-bond donors (Lipinski definition) is 1. The molecule has 8 fully saturated rings. The molecule has 0 spiro atoms. The van der Waals surface area contributed by atoms with Crippen LogP contribution >= 0.6 is 0 Å². The summed E-state index contributed by atoms with van der Waals surface area (Å²) >= 11 is 0. The van der Waals surface area contributed by atoms with Gasteiger partial charge >= 0.3 is 47.8 Å². The molecule has 0 aromatic heterocycles. The van der Waals surface area contributed by atoms with E-state index in [0.717, 1.165) is 126 Å². The van der Waals surface area contributed by atoms with Crippen LogP contribution in [0.4, 0.5) is 0 Å². The topological polar surface area (TPSA) is 257 Å². The lowest BCUT2D eigenvalue weighted by Gasteiger charge is -2.53. The van der Waals surface area contributed by atoms with Gasteiger partial charge in [-0.05, 0) is 331 Å². The SMILES string of the molecule is CCC(=O)OC1CC(C)(C)N(C)C(C)(C)C1.CCCCC(Cc1cc(C(C)(C)C)c(O)c(C(C)(C)C)c1)C(=O)OC1CC(C)(C)N(C)C(C)(C)C1.CN1C(C)(C)CC(OC(=O)CC(C(=O)OC2CC(C)(C)N(C)C(C)(C)C2)C(CC(=O)OC2CC(C)(C)N(C)C(C)(C)C2)C(=O)OC2CC(C)(C)N(C)C(C)(C)C2)CC1(C)C.CN1C(C)(C)CC(OC(=O)CCCCCCCCC(=O)OC2CC(C)(C)N(C)C(C)(C)C2)CC1(C)C. The van der Waals surface area contributed by atoms with Gasteiger partial charge in [0.15, 0.2) is 0 Å². The number of likely N-dealkylation sites (tertiary alicyclic amines) is 8. The zero-order valence-corrected chi connectivity index (χ0v) is 103. The average Bonchev–Trinajstić information content (AvgIpc) is 0.767. The molecule has 1 aromatic rings. The normalized spacial score (nSPS) is 25.0. The van der Waals surface area contributed by atoms with Gasteiger partial charge in [-0.2, -0.15) is 0 Å². The Balaban J connectivity index is 0.000000326. The molecule has 147 heavy (non-hydrogen) atoms. The summed E-state index contributed by atoms with van der Waals surface area (Å²) in [7, 11) is 17.0. The molecule has 1 aromatic carbocycles. The van der Waals surface area contributed by atoms with Crippen LogP contribution in [0.25, 0.3) is 0 Å². The first-order chi connectivity index (χ1) is 66.4. The molecule has 0 aliphatic carbocycles. The van der Waals surface area contributed by atoms with E-state index in [-0.39, 0.29) is 154 Å². The van der Waals surface area contributed by atoms with Gasteiger partial charge in [0.1, 0.15) is 54.6 Å². The summed E-state index contributed by atoms with van der Waals surface area (Å²) in [5.74, 6) is -5.33. The maximum atomic E-state index is 14.8. The number of benzene rings is 1. The Morgan fingerprint density at radius 3 is 0.660 bits per heavy atom. The zero-order chi connectivity index (χ0) is 113. The molecule has 3 unspecified atom stereocenters. The number of hydrogen-bond acceptors (Lipinski definition) is 25. The van der Waals surface area contributed by atoms with Gasteiger partial charge in [-0.25, -0.2) is 0 Å². The van der Waals surface area contributed by atoms with Crippen molar-refractivity contribution < 1.29 is 81.4 Å². The van der Waals surface area contributed by atoms with Crippen LogP contribution in [0.3, 0.4) is 0 Å². The highest BCUT2D eigenvalue weighted by Gasteiger charge is 2.55. The predicted molar refractivity (Wildman–Crippen MR) is 596 cm³/mol. The molecule has 8 aliphatic rings. The molecule has 0 bridgehead atoms. The van der Waals surface area contributed by atoms with Gasteiger partial charge in [0.05, 0.1) is 30.6 Å². The molecule has 8 saturated heterocycles. The number of aromatic hydroxyl groups is 1. The Hall–Kier alpha value is -5.54. The molecule has 0 amide bonds. The zero-order valence-electron chi connectivity index (χ0n) is 103. The minimum Gasteiger partial charge on any atom is -0.507 e. The van der Waals surface area contributed by atoms with Crippen LogP contribution in [0.15, 0.2) is 12.1 Å². The summed E-state index contributed by atoms with van der Waals surface area (Å²) in [5.41, 5.74) is 0.696. The predicted octanol–water partition coefficient (Wildman–Crippen LogP) is 24.4. The Morgan fingerprint density at radius 2 is 0.463 bits per heavy atom. The Kier molecular flexibility index (Phi) is 43.2. The Bertz CT molecular complexity index is 4180. The minimum absolute atomic E-state index is 0.00474. The van der Waals surface area contributed by atoms with Crippen LogP contribution in [0.5, 0.6) is 5.75 Å². The van der Waals surface area contributed by atoms with Gasteiger partial charge in [0, 0.05) is 211 Å². The quantitative estimate of drug-likeness (QED) is 0.0412. The van der Waals surface area contributed by atoms with Crippen LogP contribution in [0.1, 0.15) is 486 Å². The summed E-state index contributed by atoms with van der Waals surface area (Å²) in [6.45, 7) is 86.5. The van der Waals surface area contributed by atoms with Gasteiger partial charge in [-0.15, -0.1) is 0 Å². The standard InChI is InChI=1S/C48H86N4O8.C31H53NO3.C30H56N2O4.C13H25NO2/c1-41(2)23-31(24-42(3,4)49(41)17)57-37(53)21-35(39(55)59-33-27-45(9,10)51(19)46(11,12)28-33)36(40(56)60-34-29-47(13,14)52(20)48(15,16)30-34)22-38(54)58-32-25-43(5,6)50(18)44(7,8)26-32;1-13-14-15-22(27(34)35-23-19-30(8,9)32(12)31(10,11)20-23)16-21-17-24(28(2,3)4)26(33)25(18-21)29(5,6)7;1-27(2)19-23(20-28(3,4)31(27)9)35-25(33)17-15-13-11-12-14-16-18-26(34)36-24-21-29(5,6)32(10)30(7,8)22-24;1-7-11(15)16-10-8-12(2,3)14(6)13(4,5)9-10/h31-36H,21-30H2,1-20H3;17-18,22-23,33H,13-16,19-20H2,1-12H3;23-24H,11-22H2,1-10H3;10H,7-9H2,1-6H3. The molecule has 9 rings (SSSR count). The second-order valence-electron chi connectivity index (χ2n) is 58.7. The van der Waals surface area contributed by atoms with Gasteiger partial charge in [-0.1, -0.05) is 106 Å². The van der Waals surface area contributed by atoms with Gasteiger partial charge in [-0.3, -0.25) is 77.6 Å². The molecule has 8 aliphatic heterocycles. The number of piperidine rings is 8. The third-order valence-electron chi connectivity index (χ3n) is 37.2. The van der Waals surface area contributed by atoms with E-state index < -0.39 is 73.0 Å². The number of esters is 8. The van der Waals surface area contributed by atoms with E-state index in [2.05, 4.69) is 378 Å². The van der Waals surface area contributed by atoms with E-state index in [0.29, 0.717) is 82.8 Å². The van der Waals surface area contributed by atoms with Crippen LogP contribution in [-0.4, -0.2) is 286 Å². The highest BCUT2D eigenvalue weighted by molar-refractivity contribution is 5.89. The number of carbonyl (C=O) groups excluding carboxylic acids is 8. The first-order valence-electron chi connectivity index (χ1n) is 56.7. The van der Waals surface area contributed by atoms with Crippen molar-refractivity contribution in [1.29, 1.82) is 0 Å². The molecule has 850 valence electrons. The maximum Gasteiger partial charge on any atom is 0.310 e. The summed E-state index contributed by atoms with van der Waals surface area (Å²) in [5, 5.41) is 11.1. The second kappa shape index (κ2) is 48.9. The molecule has 0 radical (unpaired) electrons. The third kappa shape index (κ3) is 35.5. The fourth-order valence-corrected chi connectivity index (χ4v) is 26.3. The van der Waals surface area contributed by atoms with E-state index >= 15 is 0 Å². The van der Waals surface area contributed by atoms with Gasteiger partial charge in [0.2, 0.25) is 0 Å². The monoisotopic (exact) mass is 2070 g/mol. The lowest BCUT2D eigenvalue weighted by Crippen LogP contribution is -2.61. The van der Waals surface area contributed by atoms with E-state index in [1.807, 2.05) is 6.92 Å². The van der Waals surface area contributed by atoms with Crippen molar-refractivity contribution in [2.24, 2.45) is 17.8 Å². The van der Waals surface area contributed by atoms with E-state index in [1.165, 1.54) is 0 Å². The van der Waals surface area contributed by atoms with Crippen molar-refractivity contribution in [2.45, 2.75) is 624 Å². The average molecular weight is 2070 g/mol. The lowest BCUT2D eigenvalue weighted by molar-refractivity contribution is -0.182. The molecule has 0 saturated carbocycles. The molecule has 1 N–H and O–H groups in total. The lowest BCUT2D eigenvalue weighted by atomic mass is 9.77. The number of phenolic OH excluding ortho intramolecular Hbond substituents is 1. The highest BCUT2D eigenvalue weighted by Crippen LogP contribution is 2.50. The fraction of sp³-hybridized carbons (Fsp3) is 0.885. The summed E-state index contributed by atoms with van der Waals surface area (Å²) in [4.78, 5) is 127. The van der Waals surface area contributed by atoms with Crippen molar-refractivity contribution in [3.8, 4) is 5.75 Å². The van der Waals surface area contributed by atoms with Crippen LogP contribution in [0, 0.1) is 17.8 Å². The molecule has 25 heteroatoms. The fourth-order valence-electron chi connectivity index (χ4n) is 26.3. The summed E-state index contributed by atoms with van der Waals surface area (Å²) in [6, 6.07) is 4.22. The number of unbranched alkanes of at least 4 members (excludes halogenated alkanes) is 6. The molecule has 3 atom stereocenters. The van der Waals surface area contributed by atoms with Crippen molar-refractivity contribution in [2.75, 3.05) is 56.4 Å². The largest absolute Gasteiger partial charge is 0.507 e. The molecular weight excluding hydrogens is 1850 g/mol. The van der Waals surface area contributed by atoms with Crippen LogP contribution in [-0.2, 0) is 93.5 Å². The molecular formula is C122H220N8O17. The number of ether oxygens (including phenoxy) is 8. The van der Waals surface area contributed by atoms with Crippen molar-refractivity contribution in [3.63, 3.8) is 0 Å². The smallest absolute Gasteiger partial charge is 0.310 e. The minimum atomic E-state index is -1.34. The van der Waals surface area contributed by atoms with Crippen LogP contribution in [0.2, 0.25) is 0 Å². The van der Waals surface area contributed by atoms with E-state index in [9.17, 15) is 43.5 Å². The van der Waals surface area contributed by atoms with E-state index in [1.54, 1.807) is 0 Å². The highest BCUT2D eigenvalue weighted by atomic mass is 16.6. The summed E-state index contributed by atoms with van der Waals surface area (Å²) in [6.07, 6.45) is 20.1. The van der Waals surface area contributed by atoms with Gasteiger partial charge < -0.3 is 43.0 Å². The van der Waals surface area contributed by atoms with Crippen molar-refractivity contribution in [1.82, 2.24) is 39.2 Å². The number of nitrogens with zero attached hydrogens (tertiary/aromatic N) is 8. The van der Waals surface area contributed by atoms with Gasteiger partial charge in [0.25, 0.3) is 0 Å². The maximum absolute atomic E-state index is 14.8. The number of phenols is 1. The Labute approximate surface area is 896 Å². The summed E-state index contributed by atoms with van der Waals surface area (Å²) < 4.78 is 48.7. The number of carbonyl (C=O) groups is 8. The molecule has 8 heterocycles. The second-order valence-corrected chi connectivity index (χ2v) is 58.7. The first kappa shape index (κ1) is 130. The van der Waals surface area contributed by atoms with Crippen LogP contribution < -0.4 is 0 Å². The molecule has 25 nitrogen and oxygen atoms in total. The number of rotatable bonds is 31.